The van der Waals surface area contributed by atoms with E-state index in [0.29, 0.717) is 23.6 Å². The monoisotopic (exact) mass is 176 g/mol. The molecule has 0 saturated carbocycles. The van der Waals surface area contributed by atoms with Crippen LogP contribution in [0.25, 0.3) is 11.1 Å². The van der Waals surface area contributed by atoms with Gasteiger partial charge in [0.25, 0.3) is 0 Å². The number of aromatic nitrogens is 1. The lowest BCUT2D eigenvalue weighted by molar-refractivity contribution is -0.105. The van der Waals surface area contributed by atoms with Crippen molar-refractivity contribution in [1.29, 1.82) is 0 Å². The lowest BCUT2D eigenvalue weighted by Crippen LogP contribution is -1.92. The van der Waals surface area contributed by atoms with Crippen LogP contribution in [0.5, 0.6) is 0 Å². The van der Waals surface area contributed by atoms with Gasteiger partial charge >= 0.3 is 0 Å². The van der Waals surface area contributed by atoms with Crippen LogP contribution in [-0.4, -0.2) is 11.4 Å². The number of carbonyl (C=O) groups excluding carboxylic acids is 1. The van der Waals surface area contributed by atoms with E-state index in [1.54, 1.807) is 25.1 Å². The second kappa shape index (κ2) is 2.90. The molecule has 1 aromatic heterocycles. The van der Waals surface area contributed by atoms with E-state index < -0.39 is 0 Å². The van der Waals surface area contributed by atoms with Crippen LogP contribution >= 0.6 is 0 Å². The van der Waals surface area contributed by atoms with E-state index in [4.69, 9.17) is 4.42 Å². The molecule has 0 spiro atoms. The summed E-state index contributed by atoms with van der Waals surface area (Å²) in [5.74, 6) is 0.623. The van der Waals surface area contributed by atoms with Crippen LogP contribution in [-0.2, 0) is 4.79 Å². The molecule has 0 bridgehead atoms. The Hall–Kier alpha value is -1.84. The minimum absolute atomic E-state index is 0.623. The number of fused-ring (bicyclic) bond motifs is 1. The molecule has 0 atom stereocenters. The Morgan fingerprint density at radius 1 is 1.54 bits per heavy atom. The molecule has 2 aromatic rings. The summed E-state index contributed by atoms with van der Waals surface area (Å²) in [6.45, 7) is 1.78. The summed E-state index contributed by atoms with van der Waals surface area (Å²) < 4.78 is 5.29. The van der Waals surface area contributed by atoms with Gasteiger partial charge in [-0.05, 0) is 12.1 Å². The van der Waals surface area contributed by atoms with E-state index in [-0.39, 0.29) is 0 Å². The highest BCUT2D eigenvalue weighted by molar-refractivity contribution is 5.81. The van der Waals surface area contributed by atoms with Gasteiger partial charge in [0, 0.05) is 18.7 Å². The zero-order chi connectivity index (χ0) is 9.26. The maximum atomic E-state index is 10.2. The van der Waals surface area contributed by atoms with Crippen molar-refractivity contribution in [2.45, 2.75) is 6.92 Å². The van der Waals surface area contributed by atoms with E-state index in [1.165, 1.54) is 0 Å². The molecule has 0 aliphatic heterocycles. The van der Waals surface area contributed by atoms with E-state index in [1.807, 2.05) is 0 Å². The topological polar surface area (TPSA) is 55.1 Å². The first-order valence-electron chi connectivity index (χ1n) is 3.87. The Morgan fingerprint density at radius 3 is 3.15 bits per heavy atom. The van der Waals surface area contributed by atoms with Crippen LogP contribution < -0.4 is 5.32 Å². The zero-order valence-electron chi connectivity index (χ0n) is 7.07. The molecular formula is C9H8N2O2. The minimum atomic E-state index is 0.623. The molecule has 0 unspecified atom stereocenters. The van der Waals surface area contributed by atoms with Crippen molar-refractivity contribution in [2.75, 3.05) is 5.32 Å². The highest BCUT2D eigenvalue weighted by Crippen LogP contribution is 2.19. The molecule has 0 aliphatic carbocycles. The highest BCUT2D eigenvalue weighted by atomic mass is 16.3. The number of amides is 1. The summed E-state index contributed by atoms with van der Waals surface area (Å²) >= 11 is 0. The van der Waals surface area contributed by atoms with E-state index >= 15 is 0 Å². The van der Waals surface area contributed by atoms with Crippen LogP contribution in [0.15, 0.2) is 22.6 Å². The van der Waals surface area contributed by atoms with Crippen molar-refractivity contribution >= 4 is 23.2 Å². The fourth-order valence-electron chi connectivity index (χ4n) is 1.20. The third-order valence-electron chi connectivity index (χ3n) is 1.72. The van der Waals surface area contributed by atoms with Crippen molar-refractivity contribution in [3.8, 4) is 0 Å². The van der Waals surface area contributed by atoms with Gasteiger partial charge in [-0.3, -0.25) is 4.79 Å². The summed E-state index contributed by atoms with van der Waals surface area (Å²) in [4.78, 5) is 14.3. The maximum absolute atomic E-state index is 10.2. The van der Waals surface area contributed by atoms with Gasteiger partial charge in [-0.2, -0.15) is 0 Å². The van der Waals surface area contributed by atoms with Gasteiger partial charge in [0.1, 0.15) is 5.52 Å². The Bertz CT molecular complexity index is 448. The average Bonchev–Trinajstić information content (AvgIpc) is 2.44. The van der Waals surface area contributed by atoms with Gasteiger partial charge in [-0.15, -0.1) is 0 Å². The molecule has 2 rings (SSSR count). The number of hydrogen-bond acceptors (Lipinski definition) is 3. The molecule has 13 heavy (non-hydrogen) atoms. The summed E-state index contributed by atoms with van der Waals surface area (Å²) in [5, 5.41) is 2.54. The van der Waals surface area contributed by atoms with Gasteiger partial charge < -0.3 is 9.73 Å². The highest BCUT2D eigenvalue weighted by Gasteiger charge is 2.01. The lowest BCUT2D eigenvalue weighted by atomic mass is 10.3. The summed E-state index contributed by atoms with van der Waals surface area (Å²) in [6, 6.07) is 5.32. The normalized spacial score (nSPS) is 10.2. The molecule has 1 amide bonds. The number of nitrogens with zero attached hydrogens (tertiary/aromatic N) is 1. The number of oxazole rings is 1. The standard InChI is InChI=1S/C9H8N2O2/c1-6-11-8-3-2-7(10-5-12)4-9(8)13-6/h2-5H,1H3,(H,10,12). The van der Waals surface area contributed by atoms with Crippen LogP contribution in [0.2, 0.25) is 0 Å². The van der Waals surface area contributed by atoms with Gasteiger partial charge in [0.05, 0.1) is 0 Å². The third-order valence-corrected chi connectivity index (χ3v) is 1.72. The number of rotatable bonds is 2. The first kappa shape index (κ1) is 7.79. The third kappa shape index (κ3) is 1.38. The molecule has 4 nitrogen and oxygen atoms in total. The quantitative estimate of drug-likeness (QED) is 0.708. The largest absolute Gasteiger partial charge is 0.441 e. The molecule has 1 aromatic carbocycles. The Labute approximate surface area is 74.6 Å². The summed E-state index contributed by atoms with van der Waals surface area (Å²) in [6.07, 6.45) is 0.629. The lowest BCUT2D eigenvalue weighted by Gasteiger charge is -1.95. The van der Waals surface area contributed by atoms with Crippen molar-refractivity contribution in [3.05, 3.63) is 24.1 Å². The van der Waals surface area contributed by atoms with E-state index in [2.05, 4.69) is 10.3 Å². The molecule has 1 heterocycles. The van der Waals surface area contributed by atoms with Crippen LogP contribution in [0.4, 0.5) is 5.69 Å². The van der Waals surface area contributed by atoms with Gasteiger partial charge in [-0.1, -0.05) is 0 Å². The predicted octanol–water partition coefficient (Wildman–Crippen LogP) is 1.70. The van der Waals surface area contributed by atoms with Crippen molar-refractivity contribution in [2.24, 2.45) is 0 Å². The van der Waals surface area contributed by atoms with Gasteiger partial charge in [0.15, 0.2) is 11.5 Å². The predicted molar refractivity (Wildman–Crippen MR) is 48.4 cm³/mol. The molecule has 1 N–H and O–H groups in total. The number of anilines is 1. The number of aryl methyl sites for hydroxylation is 1. The van der Waals surface area contributed by atoms with Crippen molar-refractivity contribution < 1.29 is 9.21 Å². The average molecular weight is 176 g/mol. The molecule has 0 fully saturated rings. The van der Waals surface area contributed by atoms with Gasteiger partial charge in [0.2, 0.25) is 6.41 Å². The number of hydrogen-bond donors (Lipinski definition) is 1. The van der Waals surface area contributed by atoms with E-state index in [9.17, 15) is 4.79 Å². The first-order chi connectivity index (χ1) is 6.29. The molecule has 66 valence electrons. The minimum Gasteiger partial charge on any atom is -0.441 e. The van der Waals surface area contributed by atoms with Gasteiger partial charge in [-0.25, -0.2) is 4.98 Å². The Kier molecular flexibility index (Phi) is 1.73. The second-order valence-corrected chi connectivity index (χ2v) is 2.68. The number of nitrogens with one attached hydrogen (secondary N) is 1. The molecule has 0 saturated heterocycles. The SMILES string of the molecule is Cc1nc2ccc(NC=O)cc2o1. The fraction of sp³-hybridized carbons (Fsp3) is 0.111. The van der Waals surface area contributed by atoms with Crippen LogP contribution in [0, 0.1) is 6.92 Å². The molecule has 0 radical (unpaired) electrons. The molecular weight excluding hydrogens is 168 g/mol. The van der Waals surface area contributed by atoms with E-state index in [0.717, 1.165) is 5.52 Å². The summed E-state index contributed by atoms with van der Waals surface area (Å²) in [7, 11) is 0. The maximum Gasteiger partial charge on any atom is 0.211 e. The summed E-state index contributed by atoms with van der Waals surface area (Å²) in [5.41, 5.74) is 2.19. The molecule has 0 aliphatic rings. The second-order valence-electron chi connectivity index (χ2n) is 2.68. The molecule has 4 heteroatoms. The number of carbonyl (C=O) groups is 1. The zero-order valence-corrected chi connectivity index (χ0v) is 7.07. The number of benzene rings is 1. The van der Waals surface area contributed by atoms with Crippen molar-refractivity contribution in [3.63, 3.8) is 0 Å². The smallest absolute Gasteiger partial charge is 0.211 e. The van der Waals surface area contributed by atoms with Crippen LogP contribution in [0.3, 0.4) is 0 Å². The van der Waals surface area contributed by atoms with Crippen molar-refractivity contribution in [1.82, 2.24) is 4.98 Å². The first-order valence-corrected chi connectivity index (χ1v) is 3.87. The fourth-order valence-corrected chi connectivity index (χ4v) is 1.20. The Morgan fingerprint density at radius 2 is 2.38 bits per heavy atom. The Balaban J connectivity index is 2.54. The van der Waals surface area contributed by atoms with Crippen LogP contribution in [0.1, 0.15) is 5.89 Å².